The van der Waals surface area contributed by atoms with Gasteiger partial charge in [-0.15, -0.1) is 13.2 Å². The van der Waals surface area contributed by atoms with E-state index < -0.39 is 30.5 Å². The number of aromatic nitrogens is 1. The van der Waals surface area contributed by atoms with Crippen LogP contribution >= 0.6 is 0 Å². The fourth-order valence-corrected chi connectivity index (χ4v) is 4.56. The number of aryl methyl sites for hydroxylation is 1. The maximum atomic E-state index is 14.6. The van der Waals surface area contributed by atoms with Gasteiger partial charge in [-0.05, 0) is 49.9 Å². The van der Waals surface area contributed by atoms with Crippen LogP contribution in [0.25, 0.3) is 11.1 Å². The third kappa shape index (κ3) is 5.57. The summed E-state index contributed by atoms with van der Waals surface area (Å²) in [7, 11) is 1.57. The Kier molecular flexibility index (Phi) is 6.94. The maximum Gasteiger partial charge on any atom is 0.573 e. The fraction of sp³-hybridized carbons (Fsp3) is 0.542. The first-order valence-electron chi connectivity index (χ1n) is 10.9. The SMILES string of the molecule is Cc1c(-c2ccc(CN3CCC(C(C)C)C(F)(F)C3)c(OC(F)(F)F)c2)cn(C)c(=O)c1C. The van der Waals surface area contributed by atoms with Crippen molar-refractivity contribution >= 4 is 0 Å². The van der Waals surface area contributed by atoms with Crippen LogP contribution in [0, 0.1) is 25.7 Å². The highest BCUT2D eigenvalue weighted by molar-refractivity contribution is 5.69. The summed E-state index contributed by atoms with van der Waals surface area (Å²) >= 11 is 0. The molecule has 4 nitrogen and oxygen atoms in total. The molecule has 0 spiro atoms. The van der Waals surface area contributed by atoms with E-state index in [0.29, 0.717) is 28.8 Å². The lowest BCUT2D eigenvalue weighted by Crippen LogP contribution is -2.49. The van der Waals surface area contributed by atoms with Crippen molar-refractivity contribution in [1.82, 2.24) is 9.47 Å². The van der Waals surface area contributed by atoms with Crippen molar-refractivity contribution < 1.29 is 26.7 Å². The minimum absolute atomic E-state index is 0.0859. The van der Waals surface area contributed by atoms with Gasteiger partial charge >= 0.3 is 6.36 Å². The first kappa shape index (κ1) is 25.2. The van der Waals surface area contributed by atoms with Gasteiger partial charge in [0.1, 0.15) is 5.75 Å². The summed E-state index contributed by atoms with van der Waals surface area (Å²) < 4.78 is 74.3. The first-order chi connectivity index (χ1) is 15.2. The second kappa shape index (κ2) is 9.08. The highest BCUT2D eigenvalue weighted by Crippen LogP contribution is 2.39. The highest BCUT2D eigenvalue weighted by atomic mass is 19.4. The Morgan fingerprint density at radius 2 is 1.85 bits per heavy atom. The van der Waals surface area contributed by atoms with E-state index in [9.17, 15) is 26.7 Å². The summed E-state index contributed by atoms with van der Waals surface area (Å²) in [5, 5.41) is 0. The molecule has 3 rings (SSSR count). The molecule has 0 saturated carbocycles. The lowest BCUT2D eigenvalue weighted by atomic mass is 9.83. The summed E-state index contributed by atoms with van der Waals surface area (Å²) in [6.07, 6.45) is -3.10. The van der Waals surface area contributed by atoms with Crippen LogP contribution in [0.5, 0.6) is 5.75 Å². The number of benzene rings is 1. The first-order valence-corrected chi connectivity index (χ1v) is 10.9. The monoisotopic (exact) mass is 472 g/mol. The smallest absolute Gasteiger partial charge is 0.405 e. The van der Waals surface area contributed by atoms with Gasteiger partial charge in [-0.2, -0.15) is 0 Å². The van der Waals surface area contributed by atoms with E-state index in [1.54, 1.807) is 47.0 Å². The molecule has 9 heteroatoms. The molecule has 2 aromatic rings. The number of hydrogen-bond donors (Lipinski definition) is 0. The van der Waals surface area contributed by atoms with E-state index in [4.69, 9.17) is 0 Å². The lowest BCUT2D eigenvalue weighted by molar-refractivity contribution is -0.275. The molecule has 0 N–H and O–H groups in total. The molecule has 1 aromatic heterocycles. The summed E-state index contributed by atoms with van der Waals surface area (Å²) in [5.74, 6) is -4.28. The van der Waals surface area contributed by atoms with Crippen LogP contribution in [0.2, 0.25) is 0 Å². The molecule has 1 aliphatic heterocycles. The molecule has 1 aliphatic rings. The summed E-state index contributed by atoms with van der Waals surface area (Å²) in [4.78, 5) is 13.6. The summed E-state index contributed by atoms with van der Waals surface area (Å²) in [6.45, 7) is 6.66. The van der Waals surface area contributed by atoms with Gasteiger partial charge in [-0.1, -0.05) is 26.0 Å². The molecule has 1 unspecified atom stereocenters. The minimum Gasteiger partial charge on any atom is -0.405 e. The van der Waals surface area contributed by atoms with Crippen molar-refractivity contribution in [3.8, 4) is 16.9 Å². The Hall–Kier alpha value is -2.42. The van der Waals surface area contributed by atoms with Crippen molar-refractivity contribution in [1.29, 1.82) is 0 Å². The van der Waals surface area contributed by atoms with Crippen LogP contribution in [-0.4, -0.2) is 34.8 Å². The molecule has 182 valence electrons. The fourth-order valence-electron chi connectivity index (χ4n) is 4.56. The highest BCUT2D eigenvalue weighted by Gasteiger charge is 2.45. The number of likely N-dealkylation sites (tertiary alicyclic amines) is 1. The molecule has 2 heterocycles. The molecule has 0 bridgehead atoms. The van der Waals surface area contributed by atoms with Crippen LogP contribution in [0.4, 0.5) is 22.0 Å². The molecule has 1 atom stereocenters. The van der Waals surface area contributed by atoms with Crippen LogP contribution in [0.15, 0.2) is 29.2 Å². The normalized spacial score (nSPS) is 19.2. The Balaban J connectivity index is 1.96. The van der Waals surface area contributed by atoms with E-state index in [1.165, 1.54) is 21.6 Å². The van der Waals surface area contributed by atoms with E-state index in [-0.39, 0.29) is 30.0 Å². The molecular weight excluding hydrogens is 443 g/mol. The second-order valence-electron chi connectivity index (χ2n) is 9.19. The number of rotatable bonds is 5. The van der Waals surface area contributed by atoms with Crippen LogP contribution in [0.3, 0.4) is 0 Å². The van der Waals surface area contributed by atoms with E-state index in [0.717, 1.165) is 0 Å². The third-order valence-electron chi connectivity index (χ3n) is 6.47. The van der Waals surface area contributed by atoms with Gasteiger partial charge in [0.05, 0.1) is 6.54 Å². The quantitative estimate of drug-likeness (QED) is 0.525. The Bertz CT molecular complexity index is 1080. The molecule has 1 saturated heterocycles. The van der Waals surface area contributed by atoms with E-state index >= 15 is 0 Å². The summed E-state index contributed by atoms with van der Waals surface area (Å²) in [6, 6.07) is 4.36. The average molecular weight is 472 g/mol. The van der Waals surface area contributed by atoms with Gasteiger partial charge in [0.2, 0.25) is 0 Å². The minimum atomic E-state index is -4.93. The number of alkyl halides is 5. The molecule has 0 aliphatic carbocycles. The molecule has 1 aromatic carbocycles. The molecule has 0 amide bonds. The van der Waals surface area contributed by atoms with Crippen molar-refractivity contribution in [3.63, 3.8) is 0 Å². The summed E-state index contributed by atoms with van der Waals surface area (Å²) in [5.41, 5.74) is 2.17. The third-order valence-corrected chi connectivity index (χ3v) is 6.47. The number of piperidine rings is 1. The zero-order valence-electron chi connectivity index (χ0n) is 19.4. The van der Waals surface area contributed by atoms with Crippen molar-refractivity contribution in [2.45, 2.75) is 52.9 Å². The molecule has 1 fully saturated rings. The molecule has 0 radical (unpaired) electrons. The van der Waals surface area contributed by atoms with Crippen molar-refractivity contribution in [3.05, 3.63) is 51.4 Å². The predicted octanol–water partition coefficient (Wildman–Crippen LogP) is 5.68. The van der Waals surface area contributed by atoms with Gasteiger partial charge in [-0.3, -0.25) is 9.69 Å². The van der Waals surface area contributed by atoms with Gasteiger partial charge in [-0.25, -0.2) is 8.78 Å². The van der Waals surface area contributed by atoms with Crippen LogP contribution in [0.1, 0.15) is 37.0 Å². The van der Waals surface area contributed by atoms with Gasteiger partial charge in [0.15, 0.2) is 0 Å². The number of nitrogens with zero attached hydrogens (tertiary/aromatic N) is 2. The predicted molar refractivity (Wildman–Crippen MR) is 116 cm³/mol. The zero-order valence-corrected chi connectivity index (χ0v) is 19.4. The number of hydrogen-bond acceptors (Lipinski definition) is 3. The number of ether oxygens (including phenoxy) is 1. The van der Waals surface area contributed by atoms with Crippen LogP contribution < -0.4 is 10.3 Å². The second-order valence-corrected chi connectivity index (χ2v) is 9.19. The Labute approximate surface area is 190 Å². The van der Waals surface area contributed by atoms with Crippen molar-refractivity contribution in [2.24, 2.45) is 18.9 Å². The van der Waals surface area contributed by atoms with Crippen molar-refractivity contribution in [2.75, 3.05) is 13.1 Å². The Morgan fingerprint density at radius 3 is 2.42 bits per heavy atom. The largest absolute Gasteiger partial charge is 0.573 e. The topological polar surface area (TPSA) is 34.5 Å². The van der Waals surface area contributed by atoms with E-state index in [2.05, 4.69) is 4.74 Å². The van der Waals surface area contributed by atoms with Crippen LogP contribution in [-0.2, 0) is 13.6 Å². The maximum absolute atomic E-state index is 14.6. The van der Waals surface area contributed by atoms with Gasteiger partial charge < -0.3 is 9.30 Å². The number of pyridine rings is 1. The average Bonchev–Trinajstić information content (AvgIpc) is 2.68. The lowest BCUT2D eigenvalue weighted by Gasteiger charge is -2.40. The molecule has 33 heavy (non-hydrogen) atoms. The van der Waals surface area contributed by atoms with Gasteiger partial charge in [0, 0.05) is 42.4 Å². The zero-order chi connectivity index (χ0) is 24.7. The van der Waals surface area contributed by atoms with E-state index in [1.807, 2.05) is 0 Å². The standard InChI is InChI=1S/C24H29F5N2O2/c1-14(2)20-8-9-31(13-23(20,25)26)11-18-7-6-17(10-21(18)33-24(27,28)29)19-12-30(5)22(32)16(4)15(19)3/h6-7,10,12,14,20H,8-9,11,13H2,1-5H3. The Morgan fingerprint density at radius 1 is 1.18 bits per heavy atom. The van der Waals surface area contributed by atoms with Gasteiger partial charge in [0.25, 0.3) is 11.5 Å². The molecular formula is C24H29F5N2O2. The number of halogens is 5.